The van der Waals surface area contributed by atoms with Gasteiger partial charge in [-0.05, 0) is 12.1 Å². The molecule has 7 nitrogen and oxygen atoms in total. The lowest BCUT2D eigenvalue weighted by Gasteiger charge is -2.34. The predicted molar refractivity (Wildman–Crippen MR) is 72.8 cm³/mol. The quantitative estimate of drug-likeness (QED) is 0.795. The van der Waals surface area contributed by atoms with Crippen LogP contribution in [0.25, 0.3) is 0 Å². The molecule has 1 amide bonds. The van der Waals surface area contributed by atoms with Crippen molar-refractivity contribution in [2.75, 3.05) is 32.8 Å². The maximum Gasteiger partial charge on any atom is 0.327 e. The van der Waals surface area contributed by atoms with Crippen LogP contribution in [0.1, 0.15) is 10.4 Å². The summed E-state index contributed by atoms with van der Waals surface area (Å²) in [5.41, 5.74) is 0.348. The van der Waals surface area contributed by atoms with Gasteiger partial charge in [0.05, 0.1) is 5.56 Å². The summed E-state index contributed by atoms with van der Waals surface area (Å²) in [5, 5.41) is 12.2. The summed E-state index contributed by atoms with van der Waals surface area (Å²) in [4.78, 5) is 25.4. The lowest BCUT2D eigenvalue weighted by atomic mass is 10.1. The summed E-state index contributed by atoms with van der Waals surface area (Å²) >= 11 is 0. The Morgan fingerprint density at radius 3 is 2.90 bits per heavy atom. The van der Waals surface area contributed by atoms with Crippen molar-refractivity contribution in [1.29, 1.82) is 0 Å². The first-order valence-electron chi connectivity index (χ1n) is 6.81. The number of hydrogen-bond acceptors (Lipinski definition) is 5. The topological polar surface area (TPSA) is 88.1 Å². The van der Waals surface area contributed by atoms with E-state index >= 15 is 0 Å². The highest BCUT2D eigenvalue weighted by Crippen LogP contribution is 2.34. The van der Waals surface area contributed by atoms with Gasteiger partial charge in [-0.1, -0.05) is 6.07 Å². The van der Waals surface area contributed by atoms with Gasteiger partial charge in [0.15, 0.2) is 11.5 Å². The average molecular weight is 292 g/mol. The number of fused-ring (bicyclic) bond motifs is 1. The lowest BCUT2D eigenvalue weighted by Crippen LogP contribution is -2.57. The fraction of sp³-hybridized carbons (Fsp3) is 0.429. The average Bonchev–Trinajstić information content (AvgIpc) is 2.53. The monoisotopic (exact) mass is 292 g/mol. The molecule has 1 aromatic rings. The molecule has 1 aromatic carbocycles. The van der Waals surface area contributed by atoms with Gasteiger partial charge in [-0.3, -0.25) is 4.79 Å². The van der Waals surface area contributed by atoms with Gasteiger partial charge in [-0.15, -0.1) is 0 Å². The zero-order chi connectivity index (χ0) is 14.8. The third-order valence-electron chi connectivity index (χ3n) is 3.59. The Hall–Kier alpha value is -2.28. The van der Waals surface area contributed by atoms with Crippen molar-refractivity contribution in [3.8, 4) is 11.5 Å². The van der Waals surface area contributed by atoms with Crippen molar-refractivity contribution in [2.45, 2.75) is 6.04 Å². The first-order valence-corrected chi connectivity index (χ1v) is 6.81. The fourth-order valence-corrected chi connectivity index (χ4v) is 2.56. The largest absolute Gasteiger partial charge is 0.486 e. The molecule has 2 heterocycles. The third kappa shape index (κ3) is 2.52. The molecule has 3 rings (SSSR count). The maximum atomic E-state index is 12.7. The number of nitrogens with one attached hydrogen (secondary N) is 1. The molecule has 1 saturated heterocycles. The van der Waals surface area contributed by atoms with E-state index in [1.165, 1.54) is 4.90 Å². The number of benzene rings is 1. The lowest BCUT2D eigenvalue weighted by molar-refractivity contribution is -0.142. The zero-order valence-corrected chi connectivity index (χ0v) is 11.4. The molecule has 2 aliphatic rings. The van der Waals surface area contributed by atoms with Gasteiger partial charge in [0.1, 0.15) is 19.3 Å². The van der Waals surface area contributed by atoms with Crippen LogP contribution in [0, 0.1) is 0 Å². The van der Waals surface area contributed by atoms with Crippen LogP contribution in [0.4, 0.5) is 0 Å². The van der Waals surface area contributed by atoms with E-state index in [-0.39, 0.29) is 12.5 Å². The number of nitrogens with zero attached hydrogens (tertiary/aromatic N) is 1. The smallest absolute Gasteiger partial charge is 0.327 e. The van der Waals surface area contributed by atoms with Crippen molar-refractivity contribution in [2.24, 2.45) is 0 Å². The maximum absolute atomic E-state index is 12.7. The number of aliphatic carboxylic acids is 1. The predicted octanol–water partition coefficient (Wildman–Crippen LogP) is -0.0436. The highest BCUT2D eigenvalue weighted by molar-refractivity contribution is 6.00. The van der Waals surface area contributed by atoms with Crippen LogP contribution in [0.2, 0.25) is 0 Å². The van der Waals surface area contributed by atoms with Crippen LogP contribution in [-0.2, 0) is 4.79 Å². The number of amides is 1. The fourth-order valence-electron chi connectivity index (χ4n) is 2.56. The molecule has 0 radical (unpaired) electrons. The molecular formula is C14H16N2O5. The molecule has 21 heavy (non-hydrogen) atoms. The van der Waals surface area contributed by atoms with E-state index in [1.54, 1.807) is 18.2 Å². The molecule has 0 saturated carbocycles. The summed E-state index contributed by atoms with van der Waals surface area (Å²) in [6.07, 6.45) is 0. The summed E-state index contributed by atoms with van der Waals surface area (Å²) in [6.45, 7) is 1.98. The summed E-state index contributed by atoms with van der Waals surface area (Å²) in [6, 6.07) is 4.21. The second kappa shape index (κ2) is 5.61. The molecule has 2 N–H and O–H groups in total. The number of carbonyl (C=O) groups is 2. The van der Waals surface area contributed by atoms with E-state index in [0.717, 1.165) is 0 Å². The molecule has 112 valence electrons. The van der Waals surface area contributed by atoms with E-state index in [2.05, 4.69) is 5.32 Å². The molecule has 0 aromatic heterocycles. The molecule has 1 atom stereocenters. The molecule has 1 fully saturated rings. The van der Waals surface area contributed by atoms with Crippen LogP contribution in [0.5, 0.6) is 11.5 Å². The number of rotatable bonds is 2. The number of carbonyl (C=O) groups excluding carboxylic acids is 1. The Labute approximate surface area is 121 Å². The van der Waals surface area contributed by atoms with Crippen molar-refractivity contribution >= 4 is 11.9 Å². The number of para-hydroxylation sites is 1. The van der Waals surface area contributed by atoms with Crippen molar-refractivity contribution in [3.63, 3.8) is 0 Å². The number of carboxylic acid groups (broad SMARTS) is 1. The normalized spacial score (nSPS) is 21.0. The number of hydrogen-bond donors (Lipinski definition) is 2. The second-order valence-electron chi connectivity index (χ2n) is 4.89. The minimum Gasteiger partial charge on any atom is -0.486 e. The van der Waals surface area contributed by atoms with Crippen LogP contribution >= 0.6 is 0 Å². The van der Waals surface area contributed by atoms with Gasteiger partial charge in [0.25, 0.3) is 5.91 Å². The second-order valence-corrected chi connectivity index (χ2v) is 4.89. The summed E-state index contributed by atoms with van der Waals surface area (Å²) in [7, 11) is 0. The Balaban J connectivity index is 1.92. The minimum atomic E-state index is -1.02. The van der Waals surface area contributed by atoms with Gasteiger partial charge in [0.2, 0.25) is 0 Å². The highest BCUT2D eigenvalue weighted by atomic mass is 16.6. The minimum absolute atomic E-state index is 0.244. The van der Waals surface area contributed by atoms with E-state index < -0.39 is 12.0 Å². The van der Waals surface area contributed by atoms with Crippen molar-refractivity contribution in [1.82, 2.24) is 10.2 Å². The molecule has 0 unspecified atom stereocenters. The number of piperazine rings is 1. The van der Waals surface area contributed by atoms with Crippen molar-refractivity contribution in [3.05, 3.63) is 23.8 Å². The molecule has 7 heteroatoms. The van der Waals surface area contributed by atoms with E-state index in [9.17, 15) is 14.7 Å². The number of ether oxygens (including phenoxy) is 2. The Kier molecular flexibility index (Phi) is 3.66. The van der Waals surface area contributed by atoms with E-state index in [4.69, 9.17) is 9.47 Å². The first-order chi connectivity index (χ1) is 10.2. The summed E-state index contributed by atoms with van der Waals surface area (Å²) < 4.78 is 11.0. The van der Waals surface area contributed by atoms with Gasteiger partial charge in [0, 0.05) is 19.6 Å². The third-order valence-corrected chi connectivity index (χ3v) is 3.59. The van der Waals surface area contributed by atoms with Crippen LogP contribution in [-0.4, -0.2) is 60.8 Å². The van der Waals surface area contributed by atoms with Gasteiger partial charge >= 0.3 is 5.97 Å². The van der Waals surface area contributed by atoms with Gasteiger partial charge in [-0.25, -0.2) is 4.79 Å². The number of carboxylic acids is 1. The highest BCUT2D eigenvalue weighted by Gasteiger charge is 2.34. The molecule has 0 aliphatic carbocycles. The van der Waals surface area contributed by atoms with Crippen LogP contribution < -0.4 is 14.8 Å². The molecule has 0 spiro atoms. The zero-order valence-electron chi connectivity index (χ0n) is 11.4. The van der Waals surface area contributed by atoms with Crippen LogP contribution in [0.3, 0.4) is 0 Å². The Morgan fingerprint density at radius 2 is 2.10 bits per heavy atom. The van der Waals surface area contributed by atoms with E-state index in [0.29, 0.717) is 43.4 Å². The van der Waals surface area contributed by atoms with E-state index in [1.807, 2.05) is 0 Å². The Morgan fingerprint density at radius 1 is 1.29 bits per heavy atom. The SMILES string of the molecule is O=C(O)[C@H]1CNCCN1C(=O)c1cccc2c1OCCO2. The molecule has 2 aliphatic heterocycles. The van der Waals surface area contributed by atoms with Crippen LogP contribution in [0.15, 0.2) is 18.2 Å². The van der Waals surface area contributed by atoms with Gasteiger partial charge in [-0.2, -0.15) is 0 Å². The first kappa shape index (κ1) is 13.7. The molecular weight excluding hydrogens is 276 g/mol. The Bertz CT molecular complexity index is 574. The summed E-state index contributed by atoms with van der Waals surface area (Å²) in [5.74, 6) is -0.436. The molecule has 0 bridgehead atoms. The standard InChI is InChI=1S/C14H16N2O5/c17-13(16-5-4-15-8-10(16)14(18)19)9-2-1-3-11-12(9)21-7-6-20-11/h1-3,10,15H,4-8H2,(H,18,19)/t10-/m1/s1. The van der Waals surface area contributed by atoms with Crippen molar-refractivity contribution < 1.29 is 24.2 Å². The van der Waals surface area contributed by atoms with Gasteiger partial charge < -0.3 is 24.8 Å².